The van der Waals surface area contributed by atoms with E-state index in [1.165, 1.54) is 6.33 Å². The Balaban J connectivity index is 1.64. The Morgan fingerprint density at radius 1 is 1.36 bits per heavy atom. The van der Waals surface area contributed by atoms with Crippen LogP contribution in [0.1, 0.15) is 16.7 Å². The molecule has 0 spiro atoms. The molecule has 1 N–H and O–H groups in total. The van der Waals surface area contributed by atoms with E-state index in [1.807, 2.05) is 19.9 Å². The number of nitrogens with one attached hydrogen (secondary N) is 1. The van der Waals surface area contributed by atoms with Crippen LogP contribution in [0.3, 0.4) is 0 Å². The van der Waals surface area contributed by atoms with Crippen molar-refractivity contribution in [1.82, 2.24) is 20.1 Å². The van der Waals surface area contributed by atoms with Crippen molar-refractivity contribution < 1.29 is 9.21 Å². The van der Waals surface area contributed by atoms with Gasteiger partial charge in [0.15, 0.2) is 0 Å². The monoisotopic (exact) mass is 298 g/mol. The number of nitrogens with zero attached hydrogens (tertiary/aromatic N) is 3. The largest absolute Gasteiger partial charge is 0.464 e. The van der Waals surface area contributed by atoms with Gasteiger partial charge in [-0.15, -0.1) is 0 Å². The fourth-order valence-corrected chi connectivity index (χ4v) is 2.65. The summed E-state index contributed by atoms with van der Waals surface area (Å²) in [7, 11) is 0. The lowest BCUT2D eigenvalue weighted by atomic mass is 10.0. The fourth-order valence-electron chi connectivity index (χ4n) is 2.65. The molecule has 114 valence electrons. The van der Waals surface area contributed by atoms with Gasteiger partial charge in [0.05, 0.1) is 19.2 Å². The molecule has 0 atom stereocenters. The second-order valence-electron chi connectivity index (χ2n) is 5.40. The predicted molar refractivity (Wildman–Crippen MR) is 82.4 cm³/mol. The standard InChI is InChI=1S/C16H18N4O2/c1-11-5-12(2)16-13(8-22-14(16)6-11)7-15(21)18-3-4-20-10-17-9-19-20/h5-6,8-10H,3-4,7H2,1-2H3,(H,18,21). The number of hydrogen-bond donors (Lipinski definition) is 1. The van der Waals surface area contributed by atoms with Crippen molar-refractivity contribution in [2.75, 3.05) is 6.54 Å². The van der Waals surface area contributed by atoms with Gasteiger partial charge >= 0.3 is 0 Å². The van der Waals surface area contributed by atoms with Crippen molar-refractivity contribution in [2.45, 2.75) is 26.8 Å². The van der Waals surface area contributed by atoms with Crippen LogP contribution in [0.5, 0.6) is 0 Å². The molecule has 2 aromatic heterocycles. The quantitative estimate of drug-likeness (QED) is 0.782. The van der Waals surface area contributed by atoms with E-state index in [0.29, 0.717) is 19.5 Å². The number of benzene rings is 1. The summed E-state index contributed by atoms with van der Waals surface area (Å²) in [6.45, 7) is 5.20. The highest BCUT2D eigenvalue weighted by molar-refractivity contribution is 5.90. The molecule has 0 aliphatic carbocycles. The average Bonchev–Trinajstić information content (AvgIpc) is 3.09. The lowest BCUT2D eigenvalue weighted by Gasteiger charge is -2.05. The molecule has 0 saturated heterocycles. The van der Waals surface area contributed by atoms with E-state index in [-0.39, 0.29) is 5.91 Å². The second kappa shape index (κ2) is 6.01. The van der Waals surface area contributed by atoms with Gasteiger partial charge in [0.1, 0.15) is 18.2 Å². The van der Waals surface area contributed by atoms with Gasteiger partial charge in [0, 0.05) is 17.5 Å². The maximum absolute atomic E-state index is 12.1. The third-order valence-corrected chi connectivity index (χ3v) is 3.57. The summed E-state index contributed by atoms with van der Waals surface area (Å²) in [5, 5.41) is 7.91. The normalized spacial score (nSPS) is 11.0. The first kappa shape index (κ1) is 14.3. The van der Waals surface area contributed by atoms with Gasteiger partial charge in [-0.1, -0.05) is 6.07 Å². The summed E-state index contributed by atoms with van der Waals surface area (Å²) in [4.78, 5) is 15.9. The molecule has 0 radical (unpaired) electrons. The summed E-state index contributed by atoms with van der Waals surface area (Å²) in [6, 6.07) is 4.10. The van der Waals surface area contributed by atoms with Crippen LogP contribution in [0.4, 0.5) is 0 Å². The molecule has 1 aromatic carbocycles. The van der Waals surface area contributed by atoms with E-state index in [9.17, 15) is 4.79 Å². The number of furan rings is 1. The molecule has 0 unspecified atom stereocenters. The Morgan fingerprint density at radius 2 is 2.23 bits per heavy atom. The zero-order valence-corrected chi connectivity index (χ0v) is 12.7. The van der Waals surface area contributed by atoms with Gasteiger partial charge < -0.3 is 9.73 Å². The van der Waals surface area contributed by atoms with E-state index in [0.717, 1.165) is 27.7 Å². The predicted octanol–water partition coefficient (Wildman–Crippen LogP) is 2.00. The van der Waals surface area contributed by atoms with Crippen molar-refractivity contribution in [2.24, 2.45) is 0 Å². The van der Waals surface area contributed by atoms with E-state index < -0.39 is 0 Å². The van der Waals surface area contributed by atoms with Crippen molar-refractivity contribution in [1.29, 1.82) is 0 Å². The number of rotatable bonds is 5. The lowest BCUT2D eigenvalue weighted by Crippen LogP contribution is -2.28. The smallest absolute Gasteiger partial charge is 0.224 e. The number of aryl methyl sites for hydroxylation is 2. The van der Waals surface area contributed by atoms with Crippen LogP contribution in [0.2, 0.25) is 0 Å². The molecular formula is C16H18N4O2. The van der Waals surface area contributed by atoms with Crippen molar-refractivity contribution in [3.8, 4) is 0 Å². The second-order valence-corrected chi connectivity index (χ2v) is 5.40. The van der Waals surface area contributed by atoms with Gasteiger partial charge in [-0.25, -0.2) is 4.98 Å². The van der Waals surface area contributed by atoms with E-state index >= 15 is 0 Å². The highest BCUT2D eigenvalue weighted by Gasteiger charge is 2.12. The van der Waals surface area contributed by atoms with Crippen LogP contribution < -0.4 is 5.32 Å². The summed E-state index contributed by atoms with van der Waals surface area (Å²) in [5.74, 6) is -0.0252. The van der Waals surface area contributed by atoms with Crippen LogP contribution in [0.15, 0.2) is 35.5 Å². The Morgan fingerprint density at radius 3 is 3.00 bits per heavy atom. The molecule has 6 nitrogen and oxygen atoms in total. The average molecular weight is 298 g/mol. The van der Waals surface area contributed by atoms with Gasteiger partial charge in [-0.05, 0) is 31.0 Å². The molecule has 22 heavy (non-hydrogen) atoms. The summed E-state index contributed by atoms with van der Waals surface area (Å²) < 4.78 is 7.25. The third kappa shape index (κ3) is 3.00. The molecule has 2 heterocycles. The minimum atomic E-state index is -0.0252. The minimum Gasteiger partial charge on any atom is -0.464 e. The van der Waals surface area contributed by atoms with Crippen molar-refractivity contribution in [3.05, 3.63) is 47.7 Å². The fraction of sp³-hybridized carbons (Fsp3) is 0.312. The first-order chi connectivity index (χ1) is 10.6. The molecule has 0 bridgehead atoms. The number of fused-ring (bicyclic) bond motifs is 1. The Hall–Kier alpha value is -2.63. The number of hydrogen-bond acceptors (Lipinski definition) is 4. The maximum Gasteiger partial charge on any atom is 0.224 e. The molecule has 3 aromatic rings. The van der Waals surface area contributed by atoms with E-state index in [4.69, 9.17) is 4.42 Å². The molecule has 0 aliphatic rings. The Labute approximate surface area is 128 Å². The zero-order chi connectivity index (χ0) is 15.5. The molecule has 0 saturated carbocycles. The third-order valence-electron chi connectivity index (χ3n) is 3.57. The highest BCUT2D eigenvalue weighted by atomic mass is 16.3. The Bertz CT molecular complexity index is 790. The van der Waals surface area contributed by atoms with Gasteiger partial charge in [0.25, 0.3) is 0 Å². The topological polar surface area (TPSA) is 73.0 Å². The van der Waals surface area contributed by atoms with Crippen molar-refractivity contribution >= 4 is 16.9 Å². The summed E-state index contributed by atoms with van der Waals surface area (Å²) >= 11 is 0. The molecule has 6 heteroatoms. The maximum atomic E-state index is 12.1. The van der Waals surface area contributed by atoms with Gasteiger partial charge in [0.2, 0.25) is 5.91 Å². The van der Waals surface area contributed by atoms with Crippen LogP contribution in [0, 0.1) is 13.8 Å². The summed E-state index contributed by atoms with van der Waals surface area (Å²) in [6.07, 6.45) is 5.09. The summed E-state index contributed by atoms with van der Waals surface area (Å²) in [5.41, 5.74) is 4.05. The molecule has 0 aliphatic heterocycles. The molecule has 3 rings (SSSR count). The number of carbonyl (C=O) groups is 1. The zero-order valence-electron chi connectivity index (χ0n) is 12.7. The molecular weight excluding hydrogens is 280 g/mol. The minimum absolute atomic E-state index is 0.0252. The molecule has 0 fully saturated rings. The molecule has 1 amide bonds. The first-order valence-electron chi connectivity index (χ1n) is 7.20. The number of amides is 1. The van der Waals surface area contributed by atoms with Gasteiger partial charge in [-0.2, -0.15) is 5.10 Å². The van der Waals surface area contributed by atoms with Crippen LogP contribution >= 0.6 is 0 Å². The van der Waals surface area contributed by atoms with E-state index in [2.05, 4.69) is 21.5 Å². The van der Waals surface area contributed by atoms with Crippen LogP contribution in [0.25, 0.3) is 11.0 Å². The lowest BCUT2D eigenvalue weighted by molar-refractivity contribution is -0.120. The van der Waals surface area contributed by atoms with Crippen molar-refractivity contribution in [3.63, 3.8) is 0 Å². The van der Waals surface area contributed by atoms with Crippen LogP contribution in [-0.4, -0.2) is 27.2 Å². The SMILES string of the molecule is Cc1cc(C)c2c(CC(=O)NCCn3cncn3)coc2c1. The van der Waals surface area contributed by atoms with Crippen LogP contribution in [-0.2, 0) is 17.8 Å². The number of carbonyl (C=O) groups excluding carboxylic acids is 1. The van der Waals surface area contributed by atoms with Gasteiger partial charge in [-0.3, -0.25) is 9.48 Å². The first-order valence-corrected chi connectivity index (χ1v) is 7.20. The van der Waals surface area contributed by atoms with E-state index in [1.54, 1.807) is 17.3 Å². The number of aromatic nitrogens is 3. The Kier molecular flexibility index (Phi) is 3.91. The highest BCUT2D eigenvalue weighted by Crippen LogP contribution is 2.26.